The average molecular weight is 674 g/mol. The number of allylic oxidation sites excluding steroid dienone is 1. The molecule has 0 aromatic heterocycles. The maximum atomic E-state index is 14.1. The molecule has 214 valence electrons. The number of aliphatic hydroxyl groups is 3. The van der Waals surface area contributed by atoms with E-state index in [4.69, 9.17) is 10.5 Å². The molecule has 11 nitrogen and oxygen atoms in total. The van der Waals surface area contributed by atoms with E-state index in [2.05, 4.69) is 0 Å². The van der Waals surface area contributed by atoms with Crippen molar-refractivity contribution in [2.45, 2.75) is 24.5 Å². The predicted molar refractivity (Wildman–Crippen MR) is 154 cm³/mol. The number of likely N-dealkylation sites (N-methyl/N-ethyl adjacent to an activating group) is 1. The van der Waals surface area contributed by atoms with Gasteiger partial charge in [0.25, 0.3) is 5.91 Å². The molecule has 3 aliphatic rings. The Labute approximate surface area is 248 Å². The topological polar surface area (TPSA) is 188 Å². The zero-order valence-corrected chi connectivity index (χ0v) is 24.4. The van der Waals surface area contributed by atoms with Crippen molar-refractivity contribution in [1.29, 1.82) is 0 Å². The van der Waals surface area contributed by atoms with E-state index in [1.807, 2.05) is 22.6 Å². The fourth-order valence-corrected chi connectivity index (χ4v) is 7.12. The molecule has 0 heterocycles. The normalized spacial score (nSPS) is 25.6. The van der Waals surface area contributed by atoms with E-state index >= 15 is 0 Å². The number of halogens is 1. The van der Waals surface area contributed by atoms with Crippen LogP contribution in [0.2, 0.25) is 0 Å². The lowest BCUT2D eigenvalue weighted by Gasteiger charge is -2.50. The van der Waals surface area contributed by atoms with Gasteiger partial charge in [-0.05, 0) is 90.8 Å². The first-order valence-corrected chi connectivity index (χ1v) is 13.7. The van der Waals surface area contributed by atoms with Gasteiger partial charge >= 0.3 is 0 Å². The number of primary amides is 1. The summed E-state index contributed by atoms with van der Waals surface area (Å²) in [6.45, 7) is 0. The van der Waals surface area contributed by atoms with Crippen molar-refractivity contribution in [1.82, 2.24) is 4.90 Å². The van der Waals surface area contributed by atoms with Crippen LogP contribution in [-0.2, 0) is 16.0 Å². The lowest BCUT2D eigenvalue weighted by atomic mass is 9.58. The molecule has 6 N–H and O–H groups in total. The number of aromatic hydroxyl groups is 1. The summed E-state index contributed by atoms with van der Waals surface area (Å²) in [6, 6.07) is 5.39. The molecule has 0 radical (unpaired) electrons. The quantitative estimate of drug-likeness (QED) is 0.179. The second-order valence-corrected chi connectivity index (χ2v) is 11.8. The highest BCUT2D eigenvalue weighted by Crippen LogP contribution is 2.54. The summed E-state index contributed by atoms with van der Waals surface area (Å²) >= 11 is 1.86. The third kappa shape index (κ3) is 3.99. The highest BCUT2D eigenvalue weighted by molar-refractivity contribution is 14.1. The lowest BCUT2D eigenvalue weighted by molar-refractivity contribution is -0.148. The number of carbonyl (C=O) groups excluding carboxylic acids is 4. The van der Waals surface area contributed by atoms with Crippen LogP contribution in [0.25, 0.3) is 11.1 Å². The molecule has 0 fully saturated rings. The third-order valence-electron chi connectivity index (χ3n) is 8.33. The van der Waals surface area contributed by atoms with Gasteiger partial charge in [-0.25, -0.2) is 0 Å². The number of Topliss-reactive ketones (excluding diaryl/α,β-unsaturated/α-hetero) is 2. The van der Waals surface area contributed by atoms with Crippen molar-refractivity contribution < 1.29 is 44.3 Å². The second-order valence-electron chi connectivity index (χ2n) is 10.6. The summed E-state index contributed by atoms with van der Waals surface area (Å²) in [6.07, 6.45) is 0.737. The number of rotatable bonds is 5. The van der Waals surface area contributed by atoms with Crippen molar-refractivity contribution in [3.8, 4) is 22.6 Å². The van der Waals surface area contributed by atoms with Crippen LogP contribution in [0.3, 0.4) is 0 Å². The summed E-state index contributed by atoms with van der Waals surface area (Å²) in [5.74, 6) is -6.73. The van der Waals surface area contributed by atoms with E-state index in [0.717, 1.165) is 0 Å². The zero-order chi connectivity index (χ0) is 30.1. The molecule has 0 unspecified atom stereocenters. The largest absolute Gasteiger partial charge is 0.510 e. The molecule has 2 aromatic rings. The zero-order valence-electron chi connectivity index (χ0n) is 22.3. The molecule has 5 rings (SSSR count). The molecule has 0 saturated heterocycles. The van der Waals surface area contributed by atoms with E-state index in [9.17, 15) is 39.6 Å². The Hall–Kier alpha value is -3.75. The van der Waals surface area contributed by atoms with Crippen LogP contribution in [0.15, 0.2) is 46.9 Å². The minimum atomic E-state index is -2.72. The van der Waals surface area contributed by atoms with Gasteiger partial charge < -0.3 is 30.9 Å². The van der Waals surface area contributed by atoms with Gasteiger partial charge in [0, 0.05) is 22.6 Å². The van der Waals surface area contributed by atoms with E-state index in [1.165, 1.54) is 12.0 Å². The first kappa shape index (κ1) is 28.8. The Bertz CT molecular complexity index is 1630. The van der Waals surface area contributed by atoms with Crippen LogP contribution in [0.5, 0.6) is 11.5 Å². The lowest BCUT2D eigenvalue weighted by Crippen LogP contribution is -2.63. The van der Waals surface area contributed by atoms with Gasteiger partial charge in [0.2, 0.25) is 5.78 Å². The number of amides is 1. The number of fused-ring (bicyclic) bond motifs is 3. The average Bonchev–Trinajstić information content (AvgIpc) is 2.91. The number of phenols is 1. The number of aliphatic hydroxyl groups excluding tert-OH is 2. The molecule has 4 atom stereocenters. The molecule has 41 heavy (non-hydrogen) atoms. The molecule has 0 aliphatic heterocycles. The molecule has 2 aromatic carbocycles. The fourth-order valence-electron chi connectivity index (χ4n) is 6.54. The van der Waals surface area contributed by atoms with Gasteiger partial charge in [-0.15, -0.1) is 0 Å². The van der Waals surface area contributed by atoms with Crippen molar-refractivity contribution in [3.05, 3.63) is 67.2 Å². The first-order valence-electron chi connectivity index (χ1n) is 12.6. The SMILES string of the molecule is COc1ccc(C=O)cc1-c1cc(I)c(O)c2c1C[C@H]1C[C@H]3[C@H](N(C)C)C(O)=C(C(N)=O)C(=O)[C@@]3(O)C(O)=C1C2=O. The molecular formula is C29H27IN2O9. The van der Waals surface area contributed by atoms with Gasteiger partial charge in [-0.1, -0.05) is 0 Å². The number of carbonyl (C=O) groups is 4. The first-order chi connectivity index (χ1) is 19.3. The van der Waals surface area contributed by atoms with Crippen molar-refractivity contribution >= 4 is 46.4 Å². The molecule has 0 bridgehead atoms. The van der Waals surface area contributed by atoms with E-state index in [1.54, 1.807) is 38.4 Å². The molecular weight excluding hydrogens is 647 g/mol. The monoisotopic (exact) mass is 674 g/mol. The number of hydrogen-bond acceptors (Lipinski definition) is 10. The molecule has 12 heteroatoms. The summed E-state index contributed by atoms with van der Waals surface area (Å²) in [4.78, 5) is 52.7. The van der Waals surface area contributed by atoms with Crippen molar-refractivity contribution in [3.63, 3.8) is 0 Å². The summed E-state index contributed by atoms with van der Waals surface area (Å²) in [7, 11) is 4.60. The minimum absolute atomic E-state index is 0.0382. The number of nitrogens with two attached hydrogens (primary N) is 1. The van der Waals surface area contributed by atoms with Gasteiger partial charge in [-0.2, -0.15) is 0 Å². The number of aldehydes is 1. The van der Waals surface area contributed by atoms with Crippen LogP contribution < -0.4 is 10.5 Å². The summed E-state index contributed by atoms with van der Waals surface area (Å²) < 4.78 is 5.83. The fraction of sp³-hybridized carbons (Fsp3) is 0.310. The van der Waals surface area contributed by atoms with E-state index < -0.39 is 58.0 Å². The van der Waals surface area contributed by atoms with E-state index in [0.29, 0.717) is 37.9 Å². The highest BCUT2D eigenvalue weighted by atomic mass is 127. The number of benzene rings is 2. The Morgan fingerprint density at radius 2 is 1.85 bits per heavy atom. The number of methoxy groups -OCH3 is 1. The van der Waals surface area contributed by atoms with Gasteiger partial charge in [0.1, 0.15) is 34.9 Å². The number of hydrogen-bond donors (Lipinski definition) is 5. The molecule has 1 amide bonds. The molecule has 0 spiro atoms. The molecule has 3 aliphatic carbocycles. The highest BCUT2D eigenvalue weighted by Gasteiger charge is 2.63. The van der Waals surface area contributed by atoms with Gasteiger partial charge in [0.15, 0.2) is 11.4 Å². The maximum Gasteiger partial charge on any atom is 0.255 e. The summed E-state index contributed by atoms with van der Waals surface area (Å²) in [5, 5.41) is 45.2. The van der Waals surface area contributed by atoms with Gasteiger partial charge in [0.05, 0.1) is 22.3 Å². The predicted octanol–water partition coefficient (Wildman–Crippen LogP) is 2.21. The van der Waals surface area contributed by atoms with Crippen molar-refractivity contribution in [2.75, 3.05) is 21.2 Å². The standard InChI is InChI=1S/C29H27IN2O9/c1-32(2)22-16-8-12-7-15-13(14-6-11(10-33)4-5-18(14)41-3)9-17(30)23(34)20(15)24(35)19(12)26(37)29(16,40)27(38)21(25(22)36)28(31)39/h4-6,9-10,12,16,22,34,36-37,40H,7-8H2,1-3H3,(H2,31,39)/t12-,16-,22-,29-/m0/s1. The van der Waals surface area contributed by atoms with Gasteiger partial charge in [-0.3, -0.25) is 24.1 Å². The van der Waals surface area contributed by atoms with Crippen LogP contribution in [0.4, 0.5) is 0 Å². The Morgan fingerprint density at radius 3 is 2.44 bits per heavy atom. The third-order valence-corrected chi connectivity index (χ3v) is 9.15. The van der Waals surface area contributed by atoms with Crippen LogP contribution in [0, 0.1) is 15.4 Å². The maximum absolute atomic E-state index is 14.1. The van der Waals surface area contributed by atoms with Crippen molar-refractivity contribution in [2.24, 2.45) is 17.6 Å². The van der Waals surface area contributed by atoms with Crippen LogP contribution in [-0.4, -0.2) is 81.9 Å². The van der Waals surface area contributed by atoms with E-state index in [-0.39, 0.29) is 29.7 Å². The second kappa shape index (κ2) is 9.96. The number of phenolic OH excluding ortho intramolecular Hbond substituents is 1. The number of nitrogens with zero attached hydrogens (tertiary/aromatic N) is 1. The Kier molecular flexibility index (Phi) is 6.99. The molecule has 0 saturated carbocycles. The number of ketones is 2. The minimum Gasteiger partial charge on any atom is -0.510 e. The van der Waals surface area contributed by atoms with Crippen LogP contribution in [0.1, 0.15) is 32.7 Å². The summed E-state index contributed by atoms with van der Waals surface area (Å²) in [5.41, 5.74) is 3.26. The Balaban J connectivity index is 1.77. The number of ether oxygens (including phenoxy) is 1. The Morgan fingerprint density at radius 1 is 1.17 bits per heavy atom. The van der Waals surface area contributed by atoms with Crippen LogP contribution >= 0.6 is 22.6 Å². The smallest absolute Gasteiger partial charge is 0.255 e.